The summed E-state index contributed by atoms with van der Waals surface area (Å²) in [7, 11) is 1.40. The van der Waals surface area contributed by atoms with Gasteiger partial charge in [0.25, 0.3) is 5.91 Å². The first-order chi connectivity index (χ1) is 17.5. The van der Waals surface area contributed by atoms with Crippen LogP contribution >= 0.6 is 0 Å². The summed E-state index contributed by atoms with van der Waals surface area (Å²) < 4.78 is 22.9. The fraction of sp³-hybridized carbons (Fsp3) is 0.231. The van der Waals surface area contributed by atoms with Crippen molar-refractivity contribution in [1.29, 1.82) is 0 Å². The van der Waals surface area contributed by atoms with E-state index in [0.717, 1.165) is 31.3 Å². The van der Waals surface area contributed by atoms with Crippen molar-refractivity contribution >= 4 is 22.8 Å². The number of hydrogen-bond donors (Lipinski definition) is 2. The Kier molecular flexibility index (Phi) is 6.59. The molecule has 5 rings (SSSR count). The molecule has 9 nitrogen and oxygen atoms in total. The normalized spacial score (nSPS) is 15.6. The van der Waals surface area contributed by atoms with E-state index in [1.165, 1.54) is 19.5 Å². The van der Waals surface area contributed by atoms with Gasteiger partial charge in [-0.1, -0.05) is 23.8 Å². The van der Waals surface area contributed by atoms with Gasteiger partial charge in [-0.15, -0.1) is 0 Å². The lowest BCUT2D eigenvalue weighted by Crippen LogP contribution is -2.21. The Morgan fingerprint density at radius 1 is 1.14 bits per heavy atom. The van der Waals surface area contributed by atoms with Gasteiger partial charge in [0.2, 0.25) is 0 Å². The summed E-state index contributed by atoms with van der Waals surface area (Å²) in [4.78, 5) is 25.0. The van der Waals surface area contributed by atoms with Crippen LogP contribution < -0.4 is 16.0 Å². The predicted molar refractivity (Wildman–Crippen MR) is 132 cm³/mol. The van der Waals surface area contributed by atoms with Gasteiger partial charge in [-0.05, 0) is 49.9 Å². The average Bonchev–Trinajstić information content (AvgIpc) is 3.26. The number of ether oxygens (including phenoxy) is 1. The van der Waals surface area contributed by atoms with E-state index in [-0.39, 0.29) is 23.3 Å². The van der Waals surface area contributed by atoms with Gasteiger partial charge in [0.15, 0.2) is 5.65 Å². The maximum absolute atomic E-state index is 15.3. The number of fused-ring (bicyclic) bond motifs is 1. The van der Waals surface area contributed by atoms with Crippen molar-refractivity contribution in [3.63, 3.8) is 0 Å². The first-order valence-electron chi connectivity index (χ1n) is 11.6. The molecule has 1 aliphatic carbocycles. The summed E-state index contributed by atoms with van der Waals surface area (Å²) in [6, 6.07) is 13.8. The summed E-state index contributed by atoms with van der Waals surface area (Å²) in [5.74, 6) is 0.449. The lowest BCUT2D eigenvalue weighted by Gasteiger charge is -2.24. The number of nitrogens with zero attached hydrogens (tertiary/aromatic N) is 4. The molecule has 0 atom stereocenters. The minimum atomic E-state index is -0.490. The topological polar surface area (TPSA) is 117 Å². The minimum Gasteiger partial charge on any atom is -0.457 e. The molecule has 3 N–H and O–H groups in total. The molecule has 0 aliphatic heterocycles. The lowest BCUT2D eigenvalue weighted by atomic mass is 9.90. The Morgan fingerprint density at radius 2 is 1.92 bits per heavy atom. The molecule has 4 aromatic rings. The predicted octanol–water partition coefficient (Wildman–Crippen LogP) is 4.73. The maximum atomic E-state index is 15.3. The monoisotopic (exact) mass is 488 g/mol. The standard InChI is InChI=1S/C26H25FN6O3/c1-35-32-22(34)13-16-7-9-17(10-8-16)33-26-23(25(28)29-15-30-26)24(31-33)20-12-11-19(14-21(20)27)36-18-5-3-2-4-6-18/h2-6,11-15,17H,7-10H2,1H3,(H,32,34)(H2,28,29,30). The van der Waals surface area contributed by atoms with Gasteiger partial charge in [0.1, 0.15) is 35.2 Å². The zero-order valence-electron chi connectivity index (χ0n) is 19.6. The van der Waals surface area contributed by atoms with Crippen LogP contribution in [-0.4, -0.2) is 32.8 Å². The molecule has 2 aromatic heterocycles. The van der Waals surface area contributed by atoms with Gasteiger partial charge in [-0.3, -0.25) is 9.63 Å². The Bertz CT molecular complexity index is 1430. The molecule has 0 bridgehead atoms. The third kappa shape index (κ3) is 4.76. The molecule has 1 aliphatic rings. The number of benzene rings is 2. The number of hydroxylamine groups is 1. The van der Waals surface area contributed by atoms with Crippen LogP contribution in [0.1, 0.15) is 31.7 Å². The van der Waals surface area contributed by atoms with Gasteiger partial charge in [0.05, 0.1) is 18.5 Å². The molecule has 0 unspecified atom stereocenters. The number of anilines is 1. The molecule has 2 heterocycles. The van der Waals surface area contributed by atoms with E-state index in [1.54, 1.807) is 30.3 Å². The molecule has 1 fully saturated rings. The zero-order chi connectivity index (χ0) is 25.1. The summed E-state index contributed by atoms with van der Waals surface area (Å²) in [5.41, 5.74) is 10.8. The molecule has 0 saturated heterocycles. The fourth-order valence-corrected chi connectivity index (χ4v) is 4.49. The Balaban J connectivity index is 1.45. The van der Waals surface area contributed by atoms with E-state index in [2.05, 4.69) is 20.3 Å². The molecular weight excluding hydrogens is 463 g/mol. The van der Waals surface area contributed by atoms with Crippen molar-refractivity contribution in [3.8, 4) is 22.8 Å². The summed E-state index contributed by atoms with van der Waals surface area (Å²) in [5, 5.41) is 5.28. The second-order valence-corrected chi connectivity index (χ2v) is 8.51. The largest absolute Gasteiger partial charge is 0.457 e. The molecule has 2 aromatic carbocycles. The van der Waals surface area contributed by atoms with Crippen molar-refractivity contribution in [1.82, 2.24) is 25.2 Å². The van der Waals surface area contributed by atoms with Crippen LogP contribution in [0.4, 0.5) is 10.2 Å². The Morgan fingerprint density at radius 3 is 2.64 bits per heavy atom. The highest BCUT2D eigenvalue weighted by Gasteiger charge is 2.26. The van der Waals surface area contributed by atoms with Crippen LogP contribution in [0.3, 0.4) is 0 Å². The quantitative estimate of drug-likeness (QED) is 0.298. The number of halogens is 1. The molecule has 1 amide bonds. The van der Waals surface area contributed by atoms with Crippen LogP contribution in [0.25, 0.3) is 22.3 Å². The number of allylic oxidation sites excluding steroid dienone is 1. The van der Waals surface area contributed by atoms with Gasteiger partial charge >= 0.3 is 0 Å². The van der Waals surface area contributed by atoms with Crippen molar-refractivity contribution in [2.45, 2.75) is 31.7 Å². The first kappa shape index (κ1) is 23.4. The van der Waals surface area contributed by atoms with Gasteiger partial charge in [-0.25, -0.2) is 24.5 Å². The van der Waals surface area contributed by atoms with Crippen LogP contribution in [0.5, 0.6) is 11.5 Å². The van der Waals surface area contributed by atoms with E-state index in [4.69, 9.17) is 15.6 Å². The highest BCUT2D eigenvalue weighted by Crippen LogP contribution is 2.38. The van der Waals surface area contributed by atoms with Crippen molar-refractivity contribution in [2.24, 2.45) is 0 Å². The van der Waals surface area contributed by atoms with E-state index in [9.17, 15) is 4.79 Å². The fourth-order valence-electron chi connectivity index (χ4n) is 4.49. The molecule has 1 saturated carbocycles. The number of carbonyl (C=O) groups excluding carboxylic acids is 1. The lowest BCUT2D eigenvalue weighted by molar-refractivity contribution is -0.126. The highest BCUT2D eigenvalue weighted by atomic mass is 19.1. The van der Waals surface area contributed by atoms with E-state index in [1.807, 2.05) is 22.9 Å². The summed E-state index contributed by atoms with van der Waals surface area (Å²) in [6.45, 7) is 0. The van der Waals surface area contributed by atoms with Crippen LogP contribution in [0.2, 0.25) is 0 Å². The number of para-hydroxylation sites is 1. The van der Waals surface area contributed by atoms with Gasteiger partial charge in [0, 0.05) is 17.7 Å². The zero-order valence-corrected chi connectivity index (χ0v) is 19.6. The third-order valence-electron chi connectivity index (χ3n) is 6.17. The first-order valence-corrected chi connectivity index (χ1v) is 11.6. The summed E-state index contributed by atoms with van der Waals surface area (Å²) in [6.07, 6.45) is 5.89. The molecule has 0 spiro atoms. The third-order valence-corrected chi connectivity index (χ3v) is 6.17. The number of nitrogens with one attached hydrogen (secondary N) is 1. The number of hydrogen-bond acceptors (Lipinski definition) is 7. The molecule has 10 heteroatoms. The summed E-state index contributed by atoms with van der Waals surface area (Å²) >= 11 is 0. The van der Waals surface area contributed by atoms with Crippen molar-refractivity contribution in [3.05, 3.63) is 72.3 Å². The molecular formula is C26H25FN6O3. The number of carbonyl (C=O) groups is 1. The van der Waals surface area contributed by atoms with Crippen LogP contribution in [0.15, 0.2) is 66.5 Å². The maximum Gasteiger partial charge on any atom is 0.267 e. The van der Waals surface area contributed by atoms with Crippen LogP contribution in [0, 0.1) is 5.82 Å². The molecule has 36 heavy (non-hydrogen) atoms. The Labute approximate surface area is 206 Å². The van der Waals surface area contributed by atoms with E-state index < -0.39 is 5.82 Å². The van der Waals surface area contributed by atoms with Crippen LogP contribution in [-0.2, 0) is 9.63 Å². The number of amides is 1. The highest BCUT2D eigenvalue weighted by molar-refractivity contribution is 5.98. The second kappa shape index (κ2) is 10.1. The van der Waals surface area contributed by atoms with Crippen molar-refractivity contribution in [2.75, 3.05) is 12.8 Å². The Hall–Kier alpha value is -4.31. The average molecular weight is 489 g/mol. The van der Waals surface area contributed by atoms with E-state index >= 15 is 4.39 Å². The number of nitrogen functional groups attached to an aromatic ring is 1. The molecule has 184 valence electrons. The van der Waals surface area contributed by atoms with Crippen molar-refractivity contribution < 1.29 is 18.8 Å². The number of aromatic nitrogens is 4. The number of rotatable bonds is 6. The number of nitrogens with two attached hydrogens (primary N) is 1. The molecule has 0 radical (unpaired) electrons. The second-order valence-electron chi connectivity index (χ2n) is 8.51. The minimum absolute atomic E-state index is 0.0157. The smallest absolute Gasteiger partial charge is 0.267 e. The van der Waals surface area contributed by atoms with E-state index in [0.29, 0.717) is 28.2 Å². The van der Waals surface area contributed by atoms with Gasteiger partial charge in [-0.2, -0.15) is 5.10 Å². The SMILES string of the molecule is CONC(=O)C=C1CCC(n2nc(-c3ccc(Oc4ccccc4)cc3F)c3c(N)ncnc32)CC1. The van der Waals surface area contributed by atoms with Gasteiger partial charge < -0.3 is 10.5 Å².